The van der Waals surface area contributed by atoms with Gasteiger partial charge in [-0.2, -0.15) is 0 Å². The molecule has 0 N–H and O–H groups in total. The zero-order valence-corrected chi connectivity index (χ0v) is 70.5. The van der Waals surface area contributed by atoms with Gasteiger partial charge in [-0.15, -0.1) is 0 Å². The molecule has 0 aliphatic carbocycles. The molecule has 0 amide bonds. The van der Waals surface area contributed by atoms with Crippen molar-refractivity contribution in [1.29, 1.82) is 0 Å². The van der Waals surface area contributed by atoms with Gasteiger partial charge in [-0.3, -0.25) is 0 Å². The van der Waals surface area contributed by atoms with Crippen LogP contribution in [0.3, 0.4) is 0 Å². The van der Waals surface area contributed by atoms with Crippen LogP contribution in [-0.2, 0) is 0 Å². The van der Waals surface area contributed by atoms with Gasteiger partial charge in [-0.25, -0.2) is 29.9 Å². The Kier molecular flexibility index (Phi) is 19.0. The predicted molar refractivity (Wildman–Crippen MR) is 537 cm³/mol. The molecule has 0 bridgehead atoms. The molecule has 25 rings (SSSR count). The van der Waals surface area contributed by atoms with Gasteiger partial charge in [-0.1, -0.05) is 334 Å². The summed E-state index contributed by atoms with van der Waals surface area (Å²) in [4.78, 5) is 30.1. The van der Waals surface area contributed by atoms with Gasteiger partial charge in [0.1, 0.15) is 0 Å². The fraction of sp³-hybridized carbons (Fsp3) is 0. The maximum atomic E-state index is 5.08. The number of aromatic nitrogens is 10. The van der Waals surface area contributed by atoms with Crippen molar-refractivity contribution in [3.05, 3.63) is 473 Å². The van der Waals surface area contributed by atoms with Crippen molar-refractivity contribution < 1.29 is 0 Å². The van der Waals surface area contributed by atoms with Gasteiger partial charge in [0.05, 0.1) is 44.1 Å². The van der Waals surface area contributed by atoms with Crippen LogP contribution in [0.5, 0.6) is 0 Å². The van der Waals surface area contributed by atoms with E-state index in [2.05, 4.69) is 370 Å². The summed E-state index contributed by atoms with van der Waals surface area (Å²) in [6.07, 6.45) is 0. The van der Waals surface area contributed by atoms with Gasteiger partial charge >= 0.3 is 0 Å². The SMILES string of the molecule is c1ccc(-c2nc(-c3ccccc3)nc(-c3cccc(-c4cc(-c5ccc6c(c5)c5ccccc5n6-c5ccccc5)c5c6ccccc6n(-c6ccccc6)c5c4)c3)n2)cc1.c1ccc(-c2nc(-c3ccccc3)nc(-c3cccc(-c4cccc(-c5cc(-c6ccc7c(c6)c6ccccc6n7-c6ccccc6)c6c7ccccc7n(-c7ccccc7)c6c5)c4)c3)n2)cc1. The number of benzene rings is 19. The van der Waals surface area contributed by atoms with E-state index in [4.69, 9.17) is 29.9 Å². The third kappa shape index (κ3) is 13.7. The second-order valence-corrected chi connectivity index (χ2v) is 32.9. The summed E-state index contributed by atoms with van der Waals surface area (Å²) in [6, 6.07) is 168. The quantitative estimate of drug-likeness (QED) is 0.101. The van der Waals surface area contributed by atoms with Gasteiger partial charge in [0.15, 0.2) is 34.9 Å². The lowest BCUT2D eigenvalue weighted by atomic mass is 9.92. The lowest BCUT2D eigenvalue weighted by Gasteiger charge is -2.14. The second-order valence-electron chi connectivity index (χ2n) is 32.9. The zero-order chi connectivity index (χ0) is 86.0. The molecule has 0 atom stereocenters. The van der Waals surface area contributed by atoms with Crippen LogP contribution in [0.2, 0.25) is 0 Å². The average Bonchev–Trinajstić information content (AvgIpc) is 1.56. The molecule has 6 heterocycles. The van der Waals surface area contributed by atoms with Crippen LogP contribution in [0, 0.1) is 0 Å². The number of para-hydroxylation sites is 8. The van der Waals surface area contributed by atoms with Crippen LogP contribution in [-0.4, -0.2) is 48.2 Å². The first-order valence-corrected chi connectivity index (χ1v) is 44.0. The van der Waals surface area contributed by atoms with Crippen LogP contribution >= 0.6 is 0 Å². The Hall–Kier alpha value is -17.6. The fourth-order valence-corrected chi connectivity index (χ4v) is 19.1. The van der Waals surface area contributed by atoms with Crippen molar-refractivity contribution in [1.82, 2.24) is 48.2 Å². The maximum absolute atomic E-state index is 5.08. The summed E-state index contributed by atoms with van der Waals surface area (Å²) >= 11 is 0. The molecule has 0 radical (unpaired) electrons. The van der Waals surface area contributed by atoms with Crippen LogP contribution < -0.4 is 0 Å². The molecule has 19 aromatic carbocycles. The summed E-state index contributed by atoms with van der Waals surface area (Å²) in [6.45, 7) is 0. The first-order valence-electron chi connectivity index (χ1n) is 44.0. The Balaban J connectivity index is 0.000000145. The number of nitrogens with zero attached hydrogens (tertiary/aromatic N) is 10. The molecule has 0 saturated heterocycles. The third-order valence-corrected chi connectivity index (χ3v) is 25.1. The highest BCUT2D eigenvalue weighted by Gasteiger charge is 2.25. The minimum absolute atomic E-state index is 0.625. The zero-order valence-electron chi connectivity index (χ0n) is 70.5. The van der Waals surface area contributed by atoms with Gasteiger partial charge in [0.25, 0.3) is 0 Å². The summed E-state index contributed by atoms with van der Waals surface area (Å²) in [7, 11) is 0. The van der Waals surface area contributed by atoms with Crippen molar-refractivity contribution in [3.8, 4) is 147 Å². The Morgan fingerprint density at radius 3 is 0.662 bits per heavy atom. The van der Waals surface area contributed by atoms with E-state index < -0.39 is 0 Å². The molecule has 0 unspecified atom stereocenters. The van der Waals surface area contributed by atoms with E-state index in [9.17, 15) is 0 Å². The molecule has 25 aromatic rings. The van der Waals surface area contributed by atoms with Crippen molar-refractivity contribution in [2.45, 2.75) is 0 Å². The normalized spacial score (nSPS) is 11.5. The Morgan fingerprint density at radius 1 is 0.123 bits per heavy atom. The van der Waals surface area contributed by atoms with E-state index in [1.807, 2.05) is 121 Å². The van der Waals surface area contributed by atoms with E-state index in [1.54, 1.807) is 0 Å². The predicted octanol–water partition coefficient (Wildman–Crippen LogP) is 30.5. The first-order chi connectivity index (χ1) is 64.5. The Labute approximate surface area is 750 Å². The summed E-state index contributed by atoms with van der Waals surface area (Å²) in [5.41, 5.74) is 30.8. The van der Waals surface area contributed by atoms with E-state index >= 15 is 0 Å². The van der Waals surface area contributed by atoms with Crippen molar-refractivity contribution in [2.24, 2.45) is 0 Å². The molecule has 0 aliphatic heterocycles. The molecule has 0 spiro atoms. The Bertz CT molecular complexity index is 8510. The summed E-state index contributed by atoms with van der Waals surface area (Å²) < 4.78 is 9.59. The molecule has 0 fully saturated rings. The van der Waals surface area contributed by atoms with E-state index in [-0.39, 0.29) is 0 Å². The fourth-order valence-electron chi connectivity index (χ4n) is 19.1. The Morgan fingerprint density at radius 2 is 0.346 bits per heavy atom. The monoisotopic (exact) mass is 1660 g/mol. The number of rotatable bonds is 15. The van der Waals surface area contributed by atoms with Gasteiger partial charge in [0.2, 0.25) is 0 Å². The highest BCUT2D eigenvalue weighted by atomic mass is 15.1. The van der Waals surface area contributed by atoms with Gasteiger partial charge in [-0.05, 0) is 195 Å². The third-order valence-electron chi connectivity index (χ3n) is 25.1. The first kappa shape index (κ1) is 76.1. The molecular weight excluding hydrogens is 1580 g/mol. The number of hydrogen-bond acceptors (Lipinski definition) is 6. The highest BCUT2D eigenvalue weighted by Crippen LogP contribution is 2.48. The summed E-state index contributed by atoms with van der Waals surface area (Å²) in [5.74, 6) is 3.81. The molecular formula is C120H78N10. The minimum atomic E-state index is 0.625. The van der Waals surface area contributed by atoms with E-state index in [0.717, 1.165) is 112 Å². The van der Waals surface area contributed by atoms with Crippen molar-refractivity contribution in [3.63, 3.8) is 0 Å². The molecule has 10 heteroatoms. The second kappa shape index (κ2) is 32.5. The lowest BCUT2D eigenvalue weighted by Crippen LogP contribution is -2.00. The lowest BCUT2D eigenvalue weighted by molar-refractivity contribution is 1.07. The maximum Gasteiger partial charge on any atom is 0.164 e. The van der Waals surface area contributed by atoms with Crippen molar-refractivity contribution >= 4 is 87.2 Å². The molecule has 608 valence electrons. The number of hydrogen-bond donors (Lipinski definition) is 0. The summed E-state index contributed by atoms with van der Waals surface area (Å²) in [5, 5.41) is 9.76. The number of fused-ring (bicyclic) bond motifs is 12. The highest BCUT2D eigenvalue weighted by molar-refractivity contribution is 6.21. The molecule has 130 heavy (non-hydrogen) atoms. The minimum Gasteiger partial charge on any atom is -0.309 e. The van der Waals surface area contributed by atoms with E-state index in [1.165, 1.54) is 87.4 Å². The average molecular weight is 1660 g/mol. The standard InChI is InChI=1S/C63H41N5.C57H37N5/c1-5-19-42(20-6-1)61-64-62(43-21-7-2-8-22-43)66-63(65-61)48-26-18-24-45(38-48)44-23-17-25-46(37-44)49-40-54(60-53-32-14-16-34-57(53)68(59(60)41-49)51-29-11-4-12-30-51)47-35-36-58-55(39-47)52-31-13-15-33-56(52)67(58)50-27-9-3-10-28-50;1-5-18-38(19-6-1)55-58-56(39-20-7-2-8-21-39)60-57(59-55)42-23-17-22-40(34-42)43-36-48(54-47-29-14-16-31-51(47)62(53(54)37-43)45-26-11-4-12-27-45)41-32-33-52-49(35-41)46-28-13-15-30-50(46)61(52)44-24-9-3-10-25-44/h1-41H;1-37H. The van der Waals surface area contributed by atoms with Gasteiger partial charge < -0.3 is 18.3 Å². The van der Waals surface area contributed by atoms with E-state index in [0.29, 0.717) is 34.9 Å². The van der Waals surface area contributed by atoms with Crippen LogP contribution in [0.15, 0.2) is 473 Å². The molecule has 10 nitrogen and oxygen atoms in total. The smallest absolute Gasteiger partial charge is 0.164 e. The molecule has 6 aromatic heterocycles. The topological polar surface area (TPSA) is 97.1 Å². The molecule has 0 saturated carbocycles. The largest absolute Gasteiger partial charge is 0.309 e. The van der Waals surface area contributed by atoms with Crippen molar-refractivity contribution in [2.75, 3.05) is 0 Å². The molecule has 0 aliphatic rings. The van der Waals surface area contributed by atoms with Crippen LogP contribution in [0.1, 0.15) is 0 Å². The van der Waals surface area contributed by atoms with Gasteiger partial charge in [0, 0.05) is 99.2 Å². The van der Waals surface area contributed by atoms with Crippen LogP contribution in [0.25, 0.3) is 234 Å². The van der Waals surface area contributed by atoms with Crippen LogP contribution in [0.4, 0.5) is 0 Å².